The summed E-state index contributed by atoms with van der Waals surface area (Å²) in [6, 6.07) is -0.653. The zero-order valence-corrected chi connectivity index (χ0v) is 13.4. The Kier molecular flexibility index (Phi) is 5.31. The Morgan fingerprint density at radius 1 is 1.45 bits per heavy atom. The molecule has 0 radical (unpaired) electrons. The van der Waals surface area contributed by atoms with Gasteiger partial charge in [-0.3, -0.25) is 0 Å². The quantitative estimate of drug-likeness (QED) is 0.774. The number of urea groups is 1. The van der Waals surface area contributed by atoms with Gasteiger partial charge in [-0.1, -0.05) is 6.92 Å². The number of carbonyl (C=O) groups excluding carboxylic acids is 1. The first-order chi connectivity index (χ1) is 9.12. The van der Waals surface area contributed by atoms with Crippen molar-refractivity contribution in [2.45, 2.75) is 31.7 Å². The van der Waals surface area contributed by atoms with E-state index >= 15 is 0 Å². The van der Waals surface area contributed by atoms with Gasteiger partial charge < -0.3 is 15.3 Å². The summed E-state index contributed by atoms with van der Waals surface area (Å²) >= 11 is 1.47. The van der Waals surface area contributed by atoms with Crippen molar-refractivity contribution in [3.8, 4) is 0 Å². The van der Waals surface area contributed by atoms with E-state index in [1.165, 1.54) is 37.4 Å². The van der Waals surface area contributed by atoms with E-state index in [0.717, 1.165) is 0 Å². The summed E-state index contributed by atoms with van der Waals surface area (Å²) in [6.45, 7) is 4.53. The highest BCUT2D eigenvalue weighted by Gasteiger charge is 2.38. The monoisotopic (exact) mass is 324 g/mol. The maximum absolute atomic E-state index is 12.2. The number of thioether (sulfide) groups is 1. The van der Waals surface area contributed by atoms with Crippen LogP contribution in [-0.2, 0) is 14.6 Å². The molecule has 7 nitrogen and oxygen atoms in total. The highest BCUT2D eigenvalue weighted by atomic mass is 32.2. The Labute approximate surface area is 123 Å². The average molecular weight is 324 g/mol. The van der Waals surface area contributed by atoms with Gasteiger partial charge in [0, 0.05) is 23.8 Å². The van der Waals surface area contributed by atoms with Crippen molar-refractivity contribution < 1.29 is 23.1 Å². The van der Waals surface area contributed by atoms with E-state index in [2.05, 4.69) is 5.32 Å². The second-order valence-corrected chi connectivity index (χ2v) is 8.63. The molecule has 1 atom stereocenters. The topological polar surface area (TPSA) is 104 Å². The van der Waals surface area contributed by atoms with Gasteiger partial charge in [0.05, 0.1) is 0 Å². The lowest BCUT2D eigenvalue weighted by atomic mass is 10.1. The standard InChI is InChI=1S/C11H20N2O5S2/c1-4-20(17,18)8-7-19-6-5-13(8)10(16)12-11(2,3)9(14)15/h8H,4-7H2,1-3H3,(H,12,16)(H,14,15). The number of hydrogen-bond acceptors (Lipinski definition) is 5. The molecule has 1 aliphatic rings. The maximum atomic E-state index is 12.2. The summed E-state index contributed by atoms with van der Waals surface area (Å²) in [5.74, 6) is -0.273. The lowest BCUT2D eigenvalue weighted by molar-refractivity contribution is -0.143. The van der Waals surface area contributed by atoms with Gasteiger partial charge in [-0.25, -0.2) is 18.0 Å². The molecular weight excluding hydrogens is 304 g/mol. The van der Waals surface area contributed by atoms with Crippen LogP contribution < -0.4 is 5.32 Å². The second-order valence-electron chi connectivity index (χ2n) is 5.03. The molecule has 0 aromatic carbocycles. The number of carboxylic acids is 1. The van der Waals surface area contributed by atoms with Crippen molar-refractivity contribution in [3.05, 3.63) is 0 Å². The van der Waals surface area contributed by atoms with E-state index in [-0.39, 0.29) is 12.3 Å². The zero-order valence-electron chi connectivity index (χ0n) is 11.7. The first-order valence-electron chi connectivity index (χ1n) is 6.23. The number of nitrogens with zero attached hydrogens (tertiary/aromatic N) is 1. The third kappa shape index (κ3) is 3.78. The van der Waals surface area contributed by atoms with Crippen molar-refractivity contribution in [1.82, 2.24) is 10.2 Å². The van der Waals surface area contributed by atoms with E-state index in [1.807, 2.05) is 0 Å². The number of carbonyl (C=O) groups is 2. The van der Waals surface area contributed by atoms with Crippen molar-refractivity contribution in [1.29, 1.82) is 0 Å². The van der Waals surface area contributed by atoms with Crippen LogP contribution in [0, 0.1) is 0 Å². The molecule has 1 rings (SSSR count). The van der Waals surface area contributed by atoms with Gasteiger partial charge in [0.2, 0.25) is 0 Å². The number of carboxylic acid groups (broad SMARTS) is 1. The fourth-order valence-corrected chi connectivity index (χ4v) is 4.66. The average Bonchev–Trinajstić information content (AvgIpc) is 2.38. The molecule has 20 heavy (non-hydrogen) atoms. The van der Waals surface area contributed by atoms with Crippen LogP contribution >= 0.6 is 11.8 Å². The minimum atomic E-state index is -3.39. The minimum absolute atomic E-state index is 0.0513. The number of nitrogens with one attached hydrogen (secondary N) is 1. The molecular formula is C11H20N2O5S2. The Morgan fingerprint density at radius 3 is 2.55 bits per heavy atom. The Hall–Kier alpha value is -0.960. The van der Waals surface area contributed by atoms with E-state index in [4.69, 9.17) is 5.11 Å². The van der Waals surface area contributed by atoms with Crippen molar-refractivity contribution in [2.75, 3.05) is 23.8 Å². The molecule has 0 saturated carbocycles. The smallest absolute Gasteiger partial charge is 0.328 e. The molecule has 0 aliphatic carbocycles. The van der Waals surface area contributed by atoms with Crippen LogP contribution in [-0.4, -0.2) is 65.1 Å². The van der Waals surface area contributed by atoms with E-state index in [0.29, 0.717) is 11.5 Å². The Morgan fingerprint density at radius 2 is 2.05 bits per heavy atom. The molecule has 1 unspecified atom stereocenters. The minimum Gasteiger partial charge on any atom is -0.480 e. The highest BCUT2D eigenvalue weighted by Crippen LogP contribution is 2.22. The van der Waals surface area contributed by atoms with Crippen molar-refractivity contribution in [3.63, 3.8) is 0 Å². The lowest BCUT2D eigenvalue weighted by Crippen LogP contribution is -2.59. The van der Waals surface area contributed by atoms with E-state index in [9.17, 15) is 18.0 Å². The molecule has 0 spiro atoms. The fraction of sp³-hybridized carbons (Fsp3) is 0.818. The third-order valence-corrected chi connectivity index (χ3v) is 6.41. The fourth-order valence-electron chi connectivity index (χ4n) is 1.70. The molecule has 0 bridgehead atoms. The molecule has 9 heteroatoms. The first kappa shape index (κ1) is 17.1. The van der Waals surface area contributed by atoms with Gasteiger partial charge >= 0.3 is 12.0 Å². The lowest BCUT2D eigenvalue weighted by Gasteiger charge is -2.36. The number of rotatable bonds is 4. The molecule has 1 saturated heterocycles. The highest BCUT2D eigenvalue weighted by molar-refractivity contribution is 8.01. The van der Waals surface area contributed by atoms with Gasteiger partial charge in [-0.2, -0.15) is 11.8 Å². The van der Waals surface area contributed by atoms with Crippen LogP contribution in [0.1, 0.15) is 20.8 Å². The number of amides is 2. The van der Waals surface area contributed by atoms with Crippen molar-refractivity contribution in [2.24, 2.45) is 0 Å². The van der Waals surface area contributed by atoms with E-state index in [1.54, 1.807) is 0 Å². The van der Waals surface area contributed by atoms with Crippen LogP contribution in [0.2, 0.25) is 0 Å². The van der Waals surface area contributed by atoms with E-state index < -0.39 is 32.8 Å². The normalized spacial score (nSPS) is 20.6. The Bertz CT molecular complexity index is 489. The zero-order chi connectivity index (χ0) is 15.6. The molecule has 2 N–H and O–H groups in total. The van der Waals surface area contributed by atoms with Gasteiger partial charge in [-0.15, -0.1) is 0 Å². The van der Waals surface area contributed by atoms with Gasteiger partial charge in [0.25, 0.3) is 0 Å². The SMILES string of the molecule is CCS(=O)(=O)C1CSCCN1C(=O)NC(C)(C)C(=O)O. The van der Waals surface area contributed by atoms with Crippen molar-refractivity contribution >= 4 is 33.6 Å². The summed E-state index contributed by atoms with van der Waals surface area (Å²) in [5, 5.41) is 10.5. The maximum Gasteiger partial charge on any atom is 0.328 e. The summed E-state index contributed by atoms with van der Waals surface area (Å²) in [4.78, 5) is 24.4. The van der Waals surface area contributed by atoms with Gasteiger partial charge in [-0.05, 0) is 13.8 Å². The summed E-state index contributed by atoms with van der Waals surface area (Å²) in [7, 11) is -3.39. The number of hydrogen-bond donors (Lipinski definition) is 2. The first-order valence-corrected chi connectivity index (χ1v) is 9.10. The molecule has 0 aromatic rings. The predicted octanol–water partition coefficient (Wildman–Crippen LogP) is 0.369. The van der Waals surface area contributed by atoms with Gasteiger partial charge in [0.1, 0.15) is 10.9 Å². The molecule has 1 fully saturated rings. The van der Waals surface area contributed by atoms with Crippen LogP contribution in [0.3, 0.4) is 0 Å². The van der Waals surface area contributed by atoms with Crippen LogP contribution in [0.15, 0.2) is 0 Å². The molecule has 1 aliphatic heterocycles. The molecule has 0 aromatic heterocycles. The summed E-state index contributed by atoms with van der Waals surface area (Å²) in [6.07, 6.45) is 0. The summed E-state index contributed by atoms with van der Waals surface area (Å²) < 4.78 is 24.0. The molecule has 1 heterocycles. The summed E-state index contributed by atoms with van der Waals surface area (Å²) in [5.41, 5.74) is -1.44. The van der Waals surface area contributed by atoms with Crippen LogP contribution in [0.5, 0.6) is 0 Å². The van der Waals surface area contributed by atoms with Gasteiger partial charge in [0.15, 0.2) is 9.84 Å². The van der Waals surface area contributed by atoms with Crippen LogP contribution in [0.25, 0.3) is 0 Å². The molecule has 116 valence electrons. The van der Waals surface area contributed by atoms with Crippen LogP contribution in [0.4, 0.5) is 4.79 Å². The number of aliphatic carboxylic acids is 1. The third-order valence-electron chi connectivity index (χ3n) is 3.12. The Balaban J connectivity index is 2.91. The molecule has 2 amide bonds. The second kappa shape index (κ2) is 6.21. The largest absolute Gasteiger partial charge is 0.480 e. The predicted molar refractivity (Wildman–Crippen MR) is 77.5 cm³/mol. The number of sulfone groups is 1.